The van der Waals surface area contributed by atoms with E-state index in [1.165, 1.54) is 6.07 Å². The van der Waals surface area contributed by atoms with E-state index >= 15 is 0 Å². The van der Waals surface area contributed by atoms with Gasteiger partial charge in [0.1, 0.15) is 0 Å². The molecule has 0 heterocycles. The van der Waals surface area contributed by atoms with Gasteiger partial charge in [-0.25, -0.2) is 0 Å². The number of terminal acetylenes is 1. The number of carbonyl (C=O) groups is 1. The van der Waals surface area contributed by atoms with E-state index in [0.29, 0.717) is 5.56 Å². The van der Waals surface area contributed by atoms with Crippen LogP contribution in [0.1, 0.15) is 48.1 Å². The zero-order valence-corrected chi connectivity index (χ0v) is 20.2. The highest BCUT2D eigenvalue weighted by atomic mass is 19.4. The minimum Gasteiger partial charge on any atom is -0.369 e. The Morgan fingerprint density at radius 1 is 1.00 bits per heavy atom. The van der Waals surface area contributed by atoms with Crippen molar-refractivity contribution < 1.29 is 23.1 Å². The standard InChI is InChI=1S/C30H26F3NO2/c1-5-23-15-16-25(19-26(23)30(31,32)33)34-27(35)29(36,18-17-22-13-11-21(2)12-14-22)20-28(3,4)24-9-7-6-8-10-24/h1,6-16,19,36H,20H2,2-4H3,(H,34,35). The number of benzene rings is 3. The number of rotatable bonds is 5. The van der Waals surface area contributed by atoms with Gasteiger partial charge in [0.15, 0.2) is 0 Å². The monoisotopic (exact) mass is 489 g/mol. The van der Waals surface area contributed by atoms with Crippen molar-refractivity contribution in [2.75, 3.05) is 5.32 Å². The van der Waals surface area contributed by atoms with Crippen molar-refractivity contribution in [1.29, 1.82) is 0 Å². The molecule has 0 aliphatic heterocycles. The van der Waals surface area contributed by atoms with E-state index in [-0.39, 0.29) is 17.7 Å². The number of anilines is 1. The zero-order valence-electron chi connectivity index (χ0n) is 20.2. The molecule has 0 aliphatic rings. The molecule has 0 aliphatic carbocycles. The Morgan fingerprint density at radius 3 is 2.22 bits per heavy atom. The lowest BCUT2D eigenvalue weighted by atomic mass is 9.75. The molecule has 0 aromatic heterocycles. The number of aliphatic hydroxyl groups is 1. The first kappa shape index (κ1) is 26.6. The average Bonchev–Trinajstić information content (AvgIpc) is 2.83. The normalized spacial score (nSPS) is 13.1. The summed E-state index contributed by atoms with van der Waals surface area (Å²) in [5.74, 6) is 6.59. The summed E-state index contributed by atoms with van der Waals surface area (Å²) in [6.07, 6.45) is 0.384. The first-order valence-corrected chi connectivity index (χ1v) is 11.2. The fourth-order valence-corrected chi connectivity index (χ4v) is 3.84. The Hall–Kier alpha value is -4.00. The van der Waals surface area contributed by atoms with Crippen LogP contribution in [0, 0.1) is 31.1 Å². The average molecular weight is 490 g/mol. The predicted octanol–water partition coefficient (Wildman–Crippen LogP) is 6.08. The fraction of sp³-hybridized carbons (Fsp3) is 0.233. The van der Waals surface area contributed by atoms with Crippen LogP contribution in [0.4, 0.5) is 18.9 Å². The molecule has 1 unspecified atom stereocenters. The van der Waals surface area contributed by atoms with Crippen molar-refractivity contribution in [3.05, 3.63) is 101 Å². The van der Waals surface area contributed by atoms with Gasteiger partial charge < -0.3 is 10.4 Å². The number of hydrogen-bond acceptors (Lipinski definition) is 2. The Morgan fingerprint density at radius 2 is 1.64 bits per heavy atom. The second-order valence-corrected chi connectivity index (χ2v) is 9.26. The molecule has 6 heteroatoms. The van der Waals surface area contributed by atoms with Gasteiger partial charge >= 0.3 is 6.18 Å². The molecular weight excluding hydrogens is 463 g/mol. The SMILES string of the molecule is C#Cc1ccc(NC(=O)C(O)(C#Cc2ccc(C)cc2)CC(C)(C)c2ccccc2)cc1C(F)(F)F. The van der Waals surface area contributed by atoms with Crippen LogP contribution in [0.25, 0.3) is 0 Å². The molecule has 36 heavy (non-hydrogen) atoms. The maximum Gasteiger partial charge on any atom is 0.417 e. The number of carbonyl (C=O) groups excluding carboxylic acids is 1. The number of aryl methyl sites for hydroxylation is 1. The van der Waals surface area contributed by atoms with Gasteiger partial charge in [-0.1, -0.05) is 79.6 Å². The Balaban J connectivity index is 2.01. The van der Waals surface area contributed by atoms with Crippen LogP contribution in [0.2, 0.25) is 0 Å². The van der Waals surface area contributed by atoms with E-state index in [0.717, 1.165) is 23.3 Å². The molecule has 0 saturated carbocycles. The minimum absolute atomic E-state index is 0.108. The summed E-state index contributed by atoms with van der Waals surface area (Å²) in [4.78, 5) is 13.3. The Kier molecular flexibility index (Phi) is 7.62. The Labute approximate surface area is 209 Å². The van der Waals surface area contributed by atoms with Crippen molar-refractivity contribution in [3.8, 4) is 24.2 Å². The fourth-order valence-electron chi connectivity index (χ4n) is 3.84. The number of amides is 1. The zero-order chi connectivity index (χ0) is 26.6. The highest BCUT2D eigenvalue weighted by Crippen LogP contribution is 2.35. The van der Waals surface area contributed by atoms with Crippen LogP contribution < -0.4 is 5.32 Å². The van der Waals surface area contributed by atoms with E-state index in [1.54, 1.807) is 12.1 Å². The maximum atomic E-state index is 13.5. The Bertz CT molecular complexity index is 1340. The molecule has 3 nitrogen and oxygen atoms in total. The summed E-state index contributed by atoms with van der Waals surface area (Å²) in [6.45, 7) is 5.64. The summed E-state index contributed by atoms with van der Waals surface area (Å²) in [5.41, 5.74) is -1.99. The molecule has 2 N–H and O–H groups in total. The van der Waals surface area contributed by atoms with Crippen molar-refractivity contribution in [3.63, 3.8) is 0 Å². The highest BCUT2D eigenvalue weighted by Gasteiger charge is 2.41. The molecule has 1 amide bonds. The predicted molar refractivity (Wildman–Crippen MR) is 135 cm³/mol. The number of halogens is 3. The first-order chi connectivity index (χ1) is 16.8. The van der Waals surface area contributed by atoms with Crippen LogP contribution in [0.5, 0.6) is 0 Å². The van der Waals surface area contributed by atoms with E-state index in [1.807, 2.05) is 69.2 Å². The molecular formula is C30H26F3NO2. The summed E-state index contributed by atoms with van der Waals surface area (Å²) in [5, 5.41) is 13.9. The largest absolute Gasteiger partial charge is 0.417 e. The summed E-state index contributed by atoms with van der Waals surface area (Å²) < 4.78 is 40.4. The lowest BCUT2D eigenvalue weighted by Crippen LogP contribution is -2.46. The summed E-state index contributed by atoms with van der Waals surface area (Å²) in [7, 11) is 0. The molecule has 0 saturated heterocycles. The topological polar surface area (TPSA) is 49.3 Å². The summed E-state index contributed by atoms with van der Waals surface area (Å²) in [6, 6.07) is 19.6. The van der Waals surface area contributed by atoms with E-state index < -0.39 is 28.7 Å². The molecule has 3 aromatic carbocycles. The third kappa shape index (κ3) is 6.36. The number of alkyl halides is 3. The van der Waals surface area contributed by atoms with Crippen LogP contribution in [-0.2, 0) is 16.4 Å². The van der Waals surface area contributed by atoms with Crippen molar-refractivity contribution in [2.24, 2.45) is 0 Å². The minimum atomic E-state index is -4.71. The third-order valence-corrected chi connectivity index (χ3v) is 5.83. The van der Waals surface area contributed by atoms with Crippen molar-refractivity contribution in [2.45, 2.75) is 44.4 Å². The molecule has 184 valence electrons. The highest BCUT2D eigenvalue weighted by molar-refractivity contribution is 6.00. The summed E-state index contributed by atoms with van der Waals surface area (Å²) >= 11 is 0. The molecule has 3 aromatic rings. The molecule has 0 fully saturated rings. The van der Waals surface area contributed by atoms with Gasteiger partial charge in [0.05, 0.1) is 5.56 Å². The van der Waals surface area contributed by atoms with E-state index in [9.17, 15) is 23.1 Å². The van der Waals surface area contributed by atoms with Gasteiger partial charge in [0.25, 0.3) is 5.91 Å². The number of nitrogens with one attached hydrogen (secondary N) is 1. The number of hydrogen-bond donors (Lipinski definition) is 2. The van der Waals surface area contributed by atoms with Crippen LogP contribution in [-0.4, -0.2) is 16.6 Å². The van der Waals surface area contributed by atoms with Gasteiger partial charge in [-0.05, 0) is 48.2 Å². The van der Waals surface area contributed by atoms with Crippen LogP contribution >= 0.6 is 0 Å². The van der Waals surface area contributed by atoms with E-state index in [2.05, 4.69) is 17.2 Å². The van der Waals surface area contributed by atoms with Gasteiger partial charge in [-0.3, -0.25) is 4.79 Å². The van der Waals surface area contributed by atoms with Crippen LogP contribution in [0.15, 0.2) is 72.8 Å². The van der Waals surface area contributed by atoms with Gasteiger partial charge in [0, 0.05) is 23.2 Å². The smallest absolute Gasteiger partial charge is 0.369 e. The van der Waals surface area contributed by atoms with Crippen molar-refractivity contribution in [1.82, 2.24) is 0 Å². The molecule has 0 bridgehead atoms. The quantitative estimate of drug-likeness (QED) is 0.427. The van der Waals surface area contributed by atoms with Gasteiger partial charge in [0.2, 0.25) is 5.60 Å². The lowest BCUT2D eigenvalue weighted by Gasteiger charge is -2.32. The second kappa shape index (κ2) is 10.3. The van der Waals surface area contributed by atoms with Crippen LogP contribution in [0.3, 0.4) is 0 Å². The molecule has 3 rings (SSSR count). The van der Waals surface area contributed by atoms with Crippen molar-refractivity contribution >= 4 is 11.6 Å². The van der Waals surface area contributed by atoms with Gasteiger partial charge in [-0.2, -0.15) is 13.2 Å². The first-order valence-electron chi connectivity index (χ1n) is 11.2. The third-order valence-electron chi connectivity index (χ3n) is 5.83. The molecule has 0 spiro atoms. The van der Waals surface area contributed by atoms with Gasteiger partial charge in [-0.15, -0.1) is 6.42 Å². The molecule has 1 atom stereocenters. The van der Waals surface area contributed by atoms with E-state index in [4.69, 9.17) is 6.42 Å². The second-order valence-electron chi connectivity index (χ2n) is 9.26. The lowest BCUT2D eigenvalue weighted by molar-refractivity contribution is -0.137. The molecule has 0 radical (unpaired) electrons. The maximum absolute atomic E-state index is 13.5.